The Morgan fingerprint density at radius 1 is 0.973 bits per heavy atom. The monoisotopic (exact) mass is 524 g/mol. The molecule has 1 fully saturated rings. The minimum Gasteiger partial charge on any atom is -0.307 e. The zero-order valence-electron chi connectivity index (χ0n) is 19.6. The number of piperidine rings is 1. The third-order valence-electron chi connectivity index (χ3n) is 7.28. The molecule has 0 radical (unpaired) electrons. The van der Waals surface area contributed by atoms with E-state index >= 15 is 0 Å². The molecule has 5 rings (SSSR count). The molecule has 3 aromatic rings. The Morgan fingerprint density at radius 2 is 1.68 bits per heavy atom. The Balaban J connectivity index is 1.37. The van der Waals surface area contributed by atoms with E-state index < -0.39 is 21.2 Å². The largest absolute Gasteiger partial charge is 0.307 e. The lowest BCUT2D eigenvalue weighted by atomic mass is 9.74. The Kier molecular flexibility index (Phi) is 6.38. The van der Waals surface area contributed by atoms with Crippen LogP contribution >= 0.6 is 11.6 Å². The van der Waals surface area contributed by atoms with E-state index in [-0.39, 0.29) is 27.8 Å². The van der Waals surface area contributed by atoms with Crippen LogP contribution in [0.1, 0.15) is 34.3 Å². The van der Waals surface area contributed by atoms with Gasteiger partial charge in [0.2, 0.25) is 0 Å². The highest BCUT2D eigenvalue weighted by molar-refractivity contribution is 6.32. The molecule has 37 heavy (non-hydrogen) atoms. The van der Waals surface area contributed by atoms with Crippen molar-refractivity contribution >= 4 is 34.6 Å². The first-order chi connectivity index (χ1) is 17.7. The molecule has 0 unspecified atom stereocenters. The van der Waals surface area contributed by atoms with Gasteiger partial charge in [0.15, 0.2) is 0 Å². The van der Waals surface area contributed by atoms with E-state index in [1.54, 1.807) is 23.1 Å². The minimum atomic E-state index is -0.630. The van der Waals surface area contributed by atoms with Gasteiger partial charge in [-0.25, -0.2) is 4.39 Å². The number of carbonyl (C=O) groups is 1. The van der Waals surface area contributed by atoms with Crippen LogP contribution in [-0.2, 0) is 12.0 Å². The number of anilines is 1. The second-order valence-corrected chi connectivity index (χ2v) is 9.86. The van der Waals surface area contributed by atoms with Crippen molar-refractivity contribution in [3.63, 3.8) is 0 Å². The van der Waals surface area contributed by atoms with Gasteiger partial charge in [0, 0.05) is 48.0 Å². The summed E-state index contributed by atoms with van der Waals surface area (Å²) in [5.74, 6) is -0.791. The molecule has 2 aliphatic rings. The van der Waals surface area contributed by atoms with Crippen molar-refractivity contribution in [1.29, 1.82) is 0 Å². The first kappa shape index (κ1) is 24.8. The number of carbonyl (C=O) groups excluding carboxylic acids is 1. The number of nitrogens with zero attached hydrogens (tertiary/aromatic N) is 4. The summed E-state index contributed by atoms with van der Waals surface area (Å²) in [6.07, 6.45) is 1.36. The SMILES string of the molecule is O=C(c1ccc(Cl)c([N+](=O)[O-])c1)N1CC2(CCN(Cc3ccc([N+](=O)[O-])cc3)CC2)c2cc(F)ccc21. The molecule has 1 amide bonds. The molecule has 0 aliphatic carbocycles. The van der Waals surface area contributed by atoms with Gasteiger partial charge in [-0.15, -0.1) is 0 Å². The predicted octanol–water partition coefficient (Wildman–Crippen LogP) is 5.49. The van der Waals surface area contributed by atoms with Gasteiger partial charge in [0.25, 0.3) is 17.3 Å². The lowest BCUT2D eigenvalue weighted by Crippen LogP contribution is -2.45. The Morgan fingerprint density at radius 3 is 2.32 bits per heavy atom. The van der Waals surface area contributed by atoms with Crippen LogP contribution in [0.15, 0.2) is 60.7 Å². The van der Waals surface area contributed by atoms with Gasteiger partial charge in [0.1, 0.15) is 10.8 Å². The van der Waals surface area contributed by atoms with Gasteiger partial charge < -0.3 is 4.90 Å². The van der Waals surface area contributed by atoms with Crippen LogP contribution in [0, 0.1) is 26.0 Å². The molecule has 1 saturated heterocycles. The van der Waals surface area contributed by atoms with Crippen molar-refractivity contribution in [3.05, 3.63) is 108 Å². The van der Waals surface area contributed by atoms with Gasteiger partial charge in [-0.2, -0.15) is 0 Å². The van der Waals surface area contributed by atoms with E-state index in [0.717, 1.165) is 11.1 Å². The van der Waals surface area contributed by atoms with E-state index in [0.29, 0.717) is 44.7 Å². The van der Waals surface area contributed by atoms with E-state index in [2.05, 4.69) is 4.90 Å². The summed E-state index contributed by atoms with van der Waals surface area (Å²) in [6.45, 7) is 2.36. The van der Waals surface area contributed by atoms with Gasteiger partial charge in [-0.1, -0.05) is 23.7 Å². The Hall–Kier alpha value is -3.89. The van der Waals surface area contributed by atoms with Crippen LogP contribution < -0.4 is 4.90 Å². The number of fused-ring (bicyclic) bond motifs is 2. The van der Waals surface area contributed by atoms with Gasteiger partial charge in [-0.3, -0.25) is 29.9 Å². The summed E-state index contributed by atoms with van der Waals surface area (Å²) in [7, 11) is 0. The number of hydrogen-bond donors (Lipinski definition) is 0. The number of rotatable bonds is 5. The zero-order valence-corrected chi connectivity index (χ0v) is 20.4. The third kappa shape index (κ3) is 4.65. The molecular weight excluding hydrogens is 503 g/mol. The van der Waals surface area contributed by atoms with E-state index in [9.17, 15) is 29.4 Å². The maximum atomic E-state index is 14.3. The molecule has 9 nitrogen and oxygen atoms in total. The number of non-ortho nitro benzene ring substituents is 1. The first-order valence-corrected chi connectivity index (χ1v) is 12.1. The fourth-order valence-electron chi connectivity index (χ4n) is 5.31. The average Bonchev–Trinajstić information content (AvgIpc) is 3.18. The number of hydrogen-bond acceptors (Lipinski definition) is 6. The van der Waals surface area contributed by atoms with Crippen LogP contribution in [0.5, 0.6) is 0 Å². The summed E-state index contributed by atoms with van der Waals surface area (Å²) >= 11 is 5.92. The van der Waals surface area contributed by atoms with E-state index in [1.807, 2.05) is 0 Å². The number of halogens is 2. The summed E-state index contributed by atoms with van der Waals surface area (Å²) < 4.78 is 14.3. The van der Waals surface area contributed by atoms with Crippen LogP contribution in [0.4, 0.5) is 21.5 Å². The number of benzene rings is 3. The van der Waals surface area contributed by atoms with Gasteiger partial charge >= 0.3 is 0 Å². The molecule has 0 saturated carbocycles. The number of nitro benzene ring substituents is 2. The lowest BCUT2D eigenvalue weighted by molar-refractivity contribution is -0.385. The smallest absolute Gasteiger partial charge is 0.288 e. The molecule has 0 aromatic heterocycles. The molecule has 0 N–H and O–H groups in total. The van der Waals surface area contributed by atoms with Crippen molar-refractivity contribution in [1.82, 2.24) is 4.90 Å². The number of nitro groups is 2. The number of amides is 1. The normalized spacial score (nSPS) is 16.5. The summed E-state index contributed by atoms with van der Waals surface area (Å²) in [6, 6.07) is 14.8. The quantitative estimate of drug-likeness (QED) is 0.322. The third-order valence-corrected chi connectivity index (χ3v) is 7.60. The fraction of sp³-hybridized carbons (Fsp3) is 0.269. The van der Waals surface area contributed by atoms with Crippen molar-refractivity contribution < 1.29 is 19.0 Å². The fourth-order valence-corrected chi connectivity index (χ4v) is 5.50. The van der Waals surface area contributed by atoms with E-state index in [4.69, 9.17) is 11.6 Å². The van der Waals surface area contributed by atoms with Crippen molar-refractivity contribution in [2.45, 2.75) is 24.8 Å². The predicted molar refractivity (Wildman–Crippen MR) is 135 cm³/mol. The van der Waals surface area contributed by atoms with E-state index in [1.165, 1.54) is 42.5 Å². The topological polar surface area (TPSA) is 110 Å². The van der Waals surface area contributed by atoms with Crippen LogP contribution in [0.3, 0.4) is 0 Å². The Labute approximate surface area is 216 Å². The minimum absolute atomic E-state index is 0.0433. The molecule has 1 spiro atoms. The second-order valence-electron chi connectivity index (χ2n) is 9.46. The molecule has 2 aliphatic heterocycles. The standard InChI is InChI=1S/C26H22ClFN4O5/c27-22-7-3-18(13-24(22)32(36)37)25(33)30-16-26(21-14-19(28)4-8-23(21)30)9-11-29(12-10-26)15-17-1-5-20(6-2-17)31(34)35/h1-8,13-14H,9-12,15-16H2. The molecule has 2 heterocycles. The molecule has 190 valence electrons. The average molecular weight is 525 g/mol. The highest BCUT2D eigenvalue weighted by Crippen LogP contribution is 2.48. The van der Waals surface area contributed by atoms with Crippen LogP contribution in [0.2, 0.25) is 5.02 Å². The molecule has 0 atom stereocenters. The summed E-state index contributed by atoms with van der Waals surface area (Å²) in [5, 5.41) is 22.2. The molecule has 0 bridgehead atoms. The first-order valence-electron chi connectivity index (χ1n) is 11.7. The van der Waals surface area contributed by atoms with Gasteiger partial charge in [0.05, 0.1) is 9.85 Å². The van der Waals surface area contributed by atoms with Crippen LogP contribution in [-0.4, -0.2) is 40.3 Å². The van der Waals surface area contributed by atoms with Crippen LogP contribution in [0.25, 0.3) is 0 Å². The van der Waals surface area contributed by atoms with Gasteiger partial charge in [-0.05, 0) is 67.4 Å². The zero-order chi connectivity index (χ0) is 26.3. The Bertz CT molecular complexity index is 1410. The lowest BCUT2D eigenvalue weighted by Gasteiger charge is -2.40. The van der Waals surface area contributed by atoms with Crippen molar-refractivity contribution in [2.75, 3.05) is 24.5 Å². The second kappa shape index (κ2) is 9.53. The van der Waals surface area contributed by atoms with Crippen molar-refractivity contribution in [3.8, 4) is 0 Å². The molecule has 11 heteroatoms. The maximum Gasteiger partial charge on any atom is 0.288 e. The summed E-state index contributed by atoms with van der Waals surface area (Å²) in [5.41, 5.74) is 1.71. The number of likely N-dealkylation sites (tertiary alicyclic amines) is 1. The highest BCUT2D eigenvalue weighted by Gasteiger charge is 2.46. The van der Waals surface area contributed by atoms with Crippen molar-refractivity contribution in [2.24, 2.45) is 0 Å². The maximum absolute atomic E-state index is 14.3. The molecule has 3 aromatic carbocycles. The molecular formula is C26H22ClFN4O5. The highest BCUT2D eigenvalue weighted by atomic mass is 35.5. The summed E-state index contributed by atoms with van der Waals surface area (Å²) in [4.78, 5) is 38.5.